The average molecular weight is 462 g/mol. The Balaban J connectivity index is 1.57. The number of carbonyl (C=O) groups is 1. The number of piperidine rings is 2. The molecule has 2 aliphatic heterocycles. The molecule has 9 heteroatoms. The van der Waals surface area contributed by atoms with Crippen LogP contribution in [-0.4, -0.2) is 56.6 Å². The Morgan fingerprint density at radius 2 is 1.72 bits per heavy atom. The number of nitrogens with one attached hydrogen (secondary N) is 1. The maximum atomic E-state index is 13.6. The van der Waals surface area contributed by atoms with E-state index in [1.165, 1.54) is 49.6 Å². The van der Waals surface area contributed by atoms with Crippen LogP contribution >= 0.6 is 0 Å². The molecule has 2 N–H and O–H groups in total. The molecule has 4 rings (SSSR count). The fourth-order valence-corrected chi connectivity index (χ4v) is 5.72. The zero-order chi connectivity index (χ0) is 22.7. The molecule has 2 heterocycles. The number of hydrogen-bond donors (Lipinski definition) is 2. The first-order valence-electron chi connectivity index (χ1n) is 11.0. The third-order valence-corrected chi connectivity index (χ3v) is 7.67. The minimum Gasteiger partial charge on any atom is -0.478 e. The molecule has 32 heavy (non-hydrogen) atoms. The van der Waals surface area contributed by atoms with E-state index in [9.17, 15) is 22.7 Å². The van der Waals surface area contributed by atoms with Gasteiger partial charge in [0, 0.05) is 19.1 Å². The van der Waals surface area contributed by atoms with Crippen molar-refractivity contribution in [1.29, 1.82) is 0 Å². The smallest absolute Gasteiger partial charge is 0.335 e. The number of likely N-dealkylation sites (tertiary alicyclic amines) is 1. The minimum atomic E-state index is -4.09. The molecule has 0 atom stereocenters. The van der Waals surface area contributed by atoms with Gasteiger partial charge in [0.1, 0.15) is 5.82 Å². The average Bonchev–Trinajstić information content (AvgIpc) is 2.79. The number of aromatic carboxylic acids is 1. The maximum Gasteiger partial charge on any atom is 0.335 e. The van der Waals surface area contributed by atoms with Gasteiger partial charge in [-0.15, -0.1) is 0 Å². The minimum absolute atomic E-state index is 0.0195. The van der Waals surface area contributed by atoms with Crippen LogP contribution in [0.1, 0.15) is 42.5 Å². The highest BCUT2D eigenvalue weighted by Gasteiger charge is 2.28. The first kappa shape index (κ1) is 22.5. The van der Waals surface area contributed by atoms with Crippen molar-refractivity contribution in [3.05, 3.63) is 53.8 Å². The monoisotopic (exact) mass is 461 g/mol. The van der Waals surface area contributed by atoms with E-state index >= 15 is 0 Å². The highest BCUT2D eigenvalue weighted by Crippen LogP contribution is 2.33. The number of carboxylic acids is 1. The second-order valence-electron chi connectivity index (χ2n) is 8.41. The van der Waals surface area contributed by atoms with Crippen molar-refractivity contribution in [1.82, 2.24) is 4.90 Å². The second-order valence-corrected chi connectivity index (χ2v) is 10.1. The summed E-state index contributed by atoms with van der Waals surface area (Å²) in [6.45, 7) is 3.78. The number of hydrogen-bond acceptors (Lipinski definition) is 5. The van der Waals surface area contributed by atoms with Crippen molar-refractivity contribution < 1.29 is 22.7 Å². The summed E-state index contributed by atoms with van der Waals surface area (Å²) >= 11 is 0. The molecule has 0 aromatic heterocycles. The molecule has 2 aliphatic rings. The molecule has 2 aromatic rings. The Morgan fingerprint density at radius 3 is 2.38 bits per heavy atom. The lowest BCUT2D eigenvalue weighted by molar-refractivity contribution is 0.0697. The lowest BCUT2D eigenvalue weighted by Crippen LogP contribution is -2.46. The number of halogens is 1. The molecule has 7 nitrogen and oxygen atoms in total. The van der Waals surface area contributed by atoms with Crippen LogP contribution in [0, 0.1) is 5.82 Å². The number of carboxylic acid groups (broad SMARTS) is 1. The lowest BCUT2D eigenvalue weighted by Gasteiger charge is -2.41. The molecule has 0 radical (unpaired) electrons. The van der Waals surface area contributed by atoms with E-state index in [-0.39, 0.29) is 16.1 Å². The third-order valence-electron chi connectivity index (χ3n) is 6.31. The molecule has 0 saturated carbocycles. The van der Waals surface area contributed by atoms with Crippen molar-refractivity contribution >= 4 is 27.4 Å². The molecule has 0 aliphatic carbocycles. The summed E-state index contributed by atoms with van der Waals surface area (Å²) < 4.78 is 41.8. The van der Waals surface area contributed by atoms with E-state index < -0.39 is 21.8 Å². The zero-order valence-corrected chi connectivity index (χ0v) is 18.7. The summed E-state index contributed by atoms with van der Waals surface area (Å²) in [5, 5.41) is 9.40. The molecular formula is C23H28FN3O4S. The molecule has 0 spiro atoms. The number of sulfonamides is 1. The SMILES string of the molecule is O=C(O)c1ccc(N2CCC(N3CCCCC3)CC2)c(NS(=O)(=O)c2cccc(F)c2)c1. The largest absolute Gasteiger partial charge is 0.478 e. The summed E-state index contributed by atoms with van der Waals surface area (Å²) in [5.41, 5.74) is 0.798. The standard InChI is InChI=1S/C23H28FN3O4S/c24-18-5-4-6-20(16-18)32(30,31)25-21-15-17(23(28)29)7-8-22(21)27-13-9-19(10-14-27)26-11-2-1-3-12-26/h4-8,15-16,19,25H,1-3,9-14H2,(H,28,29). The Bertz CT molecular complexity index is 1080. The fourth-order valence-electron chi connectivity index (χ4n) is 4.62. The van der Waals surface area contributed by atoms with Crippen LogP contribution in [-0.2, 0) is 10.0 Å². The predicted octanol–water partition coefficient (Wildman–Crippen LogP) is 3.78. The van der Waals surface area contributed by atoms with Crippen LogP contribution in [0.5, 0.6) is 0 Å². The van der Waals surface area contributed by atoms with Gasteiger partial charge in [0.15, 0.2) is 0 Å². The van der Waals surface area contributed by atoms with E-state index in [0.29, 0.717) is 11.7 Å². The Labute approximate surface area is 187 Å². The van der Waals surface area contributed by atoms with Crippen LogP contribution < -0.4 is 9.62 Å². The molecule has 0 unspecified atom stereocenters. The quantitative estimate of drug-likeness (QED) is 0.681. The third kappa shape index (κ3) is 5.05. The normalized spacial score (nSPS) is 18.5. The summed E-state index contributed by atoms with van der Waals surface area (Å²) in [4.78, 5) is 15.9. The Hall–Kier alpha value is -2.65. The summed E-state index contributed by atoms with van der Waals surface area (Å²) in [6.07, 6.45) is 5.71. The molecule has 2 aromatic carbocycles. The fraction of sp³-hybridized carbons (Fsp3) is 0.435. The first-order valence-corrected chi connectivity index (χ1v) is 12.5. The van der Waals surface area contributed by atoms with Crippen molar-refractivity contribution in [2.75, 3.05) is 35.8 Å². The van der Waals surface area contributed by atoms with E-state index in [4.69, 9.17) is 0 Å². The van der Waals surface area contributed by atoms with Gasteiger partial charge in [-0.3, -0.25) is 4.72 Å². The molecule has 0 bridgehead atoms. The van der Waals surface area contributed by atoms with Gasteiger partial charge in [-0.1, -0.05) is 12.5 Å². The van der Waals surface area contributed by atoms with Gasteiger partial charge in [0.25, 0.3) is 10.0 Å². The predicted molar refractivity (Wildman–Crippen MR) is 121 cm³/mol. The molecule has 2 saturated heterocycles. The summed E-state index contributed by atoms with van der Waals surface area (Å²) in [6, 6.07) is 9.71. The summed E-state index contributed by atoms with van der Waals surface area (Å²) in [7, 11) is -4.09. The first-order chi connectivity index (χ1) is 15.3. The van der Waals surface area contributed by atoms with Gasteiger partial charge in [-0.25, -0.2) is 17.6 Å². The van der Waals surface area contributed by atoms with E-state index in [1.54, 1.807) is 6.07 Å². The number of benzene rings is 2. The lowest BCUT2D eigenvalue weighted by atomic mass is 9.99. The van der Waals surface area contributed by atoms with Crippen LogP contribution in [0.3, 0.4) is 0 Å². The van der Waals surface area contributed by atoms with Crippen molar-refractivity contribution in [3.8, 4) is 0 Å². The number of rotatable bonds is 6. The van der Waals surface area contributed by atoms with Crippen molar-refractivity contribution in [2.45, 2.75) is 43.0 Å². The van der Waals surface area contributed by atoms with Crippen molar-refractivity contribution in [2.24, 2.45) is 0 Å². The van der Waals surface area contributed by atoms with Crippen LogP contribution in [0.4, 0.5) is 15.8 Å². The topological polar surface area (TPSA) is 89.9 Å². The molecule has 0 amide bonds. The Kier molecular flexibility index (Phi) is 6.66. The van der Waals surface area contributed by atoms with Gasteiger partial charge >= 0.3 is 5.97 Å². The summed E-state index contributed by atoms with van der Waals surface area (Å²) in [5.74, 6) is -1.81. The molecular weight excluding hydrogens is 433 g/mol. The second kappa shape index (κ2) is 9.46. The van der Waals surface area contributed by atoms with Crippen molar-refractivity contribution in [3.63, 3.8) is 0 Å². The highest BCUT2D eigenvalue weighted by atomic mass is 32.2. The van der Waals surface area contributed by atoms with E-state index in [2.05, 4.69) is 14.5 Å². The van der Waals surface area contributed by atoms with Gasteiger partial charge in [0.05, 0.1) is 21.8 Å². The van der Waals surface area contributed by atoms with Crippen LogP contribution in [0.15, 0.2) is 47.4 Å². The molecule has 2 fully saturated rings. The van der Waals surface area contributed by atoms with E-state index in [1.807, 2.05) is 0 Å². The van der Waals surface area contributed by atoms with Crippen LogP contribution in [0.25, 0.3) is 0 Å². The molecule has 172 valence electrons. The van der Waals surface area contributed by atoms with Gasteiger partial charge in [-0.2, -0.15) is 0 Å². The van der Waals surface area contributed by atoms with Gasteiger partial charge in [0.2, 0.25) is 0 Å². The van der Waals surface area contributed by atoms with E-state index in [0.717, 1.165) is 45.1 Å². The maximum absolute atomic E-state index is 13.6. The zero-order valence-electron chi connectivity index (χ0n) is 17.8. The Morgan fingerprint density at radius 1 is 1.00 bits per heavy atom. The number of anilines is 2. The highest BCUT2D eigenvalue weighted by molar-refractivity contribution is 7.92. The van der Waals surface area contributed by atoms with Gasteiger partial charge < -0.3 is 14.9 Å². The van der Waals surface area contributed by atoms with Crippen LogP contribution in [0.2, 0.25) is 0 Å². The number of nitrogens with zero attached hydrogens (tertiary/aromatic N) is 2. The van der Waals surface area contributed by atoms with Gasteiger partial charge in [-0.05, 0) is 75.2 Å².